The molecular weight excluding hydrogens is 366 g/mol. The zero-order chi connectivity index (χ0) is 20.5. The maximum absolute atomic E-state index is 12.2. The predicted octanol–water partition coefficient (Wildman–Crippen LogP) is 3.18. The number of hydrogen-bond acceptors (Lipinski definition) is 4. The van der Waals surface area contributed by atoms with Crippen molar-refractivity contribution in [1.29, 1.82) is 0 Å². The Kier molecular flexibility index (Phi) is 7.64. The number of rotatable bonds is 9. The van der Waals surface area contributed by atoms with Crippen LogP contribution in [-0.2, 0) is 16.1 Å². The fourth-order valence-electron chi connectivity index (χ4n) is 3.54. The highest BCUT2D eigenvalue weighted by molar-refractivity contribution is 5.90. The molecule has 2 aromatic rings. The molecule has 0 bridgehead atoms. The van der Waals surface area contributed by atoms with Gasteiger partial charge in [0.2, 0.25) is 11.8 Å². The van der Waals surface area contributed by atoms with Gasteiger partial charge in [-0.15, -0.1) is 0 Å². The number of benzene rings is 2. The van der Waals surface area contributed by atoms with Crippen LogP contribution in [-0.4, -0.2) is 36.4 Å². The Hall–Kier alpha value is -2.86. The smallest absolute Gasteiger partial charge is 0.224 e. The number of nitrogens with zero attached hydrogens (tertiary/aromatic N) is 1. The Labute approximate surface area is 172 Å². The van der Waals surface area contributed by atoms with E-state index in [-0.39, 0.29) is 17.7 Å². The van der Waals surface area contributed by atoms with Crippen LogP contribution in [0.3, 0.4) is 0 Å². The Morgan fingerprint density at radius 2 is 1.83 bits per heavy atom. The van der Waals surface area contributed by atoms with E-state index in [9.17, 15) is 9.59 Å². The molecule has 0 unspecified atom stereocenters. The van der Waals surface area contributed by atoms with Gasteiger partial charge in [0.05, 0.1) is 6.61 Å². The number of likely N-dealkylation sites (tertiary alicyclic amines) is 1. The lowest BCUT2D eigenvalue weighted by Crippen LogP contribution is -2.38. The van der Waals surface area contributed by atoms with Gasteiger partial charge in [-0.05, 0) is 62.2 Å². The second-order valence-corrected chi connectivity index (χ2v) is 7.47. The number of amides is 2. The summed E-state index contributed by atoms with van der Waals surface area (Å²) in [4.78, 5) is 25.8. The first kappa shape index (κ1) is 20.9. The second-order valence-electron chi connectivity index (χ2n) is 7.47. The molecule has 3 N–H and O–H groups in total. The zero-order valence-electron chi connectivity index (χ0n) is 16.7. The molecule has 0 aromatic heterocycles. The maximum Gasteiger partial charge on any atom is 0.224 e. The molecule has 1 fully saturated rings. The van der Waals surface area contributed by atoms with Crippen LogP contribution >= 0.6 is 0 Å². The number of carbonyl (C=O) groups is 2. The SMILES string of the molecule is NC(=O)C1CCN(Cc2cccc(NC(=O)CCCOc3ccccc3)c2)CC1. The Morgan fingerprint density at radius 3 is 2.55 bits per heavy atom. The summed E-state index contributed by atoms with van der Waals surface area (Å²) < 4.78 is 5.62. The van der Waals surface area contributed by atoms with Crippen LogP contribution in [0.2, 0.25) is 0 Å². The van der Waals surface area contributed by atoms with E-state index in [4.69, 9.17) is 10.5 Å². The number of para-hydroxylation sites is 1. The van der Waals surface area contributed by atoms with Crippen LogP contribution in [0, 0.1) is 5.92 Å². The van der Waals surface area contributed by atoms with E-state index in [0.717, 1.165) is 49.5 Å². The third-order valence-electron chi connectivity index (χ3n) is 5.17. The molecule has 6 heteroatoms. The van der Waals surface area contributed by atoms with E-state index in [1.165, 1.54) is 0 Å². The largest absolute Gasteiger partial charge is 0.494 e. The molecule has 6 nitrogen and oxygen atoms in total. The fraction of sp³-hybridized carbons (Fsp3) is 0.391. The van der Waals surface area contributed by atoms with Gasteiger partial charge in [-0.3, -0.25) is 14.5 Å². The first-order valence-electron chi connectivity index (χ1n) is 10.2. The number of primary amides is 1. The molecule has 1 heterocycles. The van der Waals surface area contributed by atoms with Crippen molar-refractivity contribution >= 4 is 17.5 Å². The van der Waals surface area contributed by atoms with E-state index < -0.39 is 0 Å². The van der Waals surface area contributed by atoms with Crippen molar-refractivity contribution < 1.29 is 14.3 Å². The number of hydrogen-bond donors (Lipinski definition) is 2. The molecule has 2 aromatic carbocycles. The predicted molar refractivity (Wildman–Crippen MR) is 113 cm³/mol. The molecule has 3 rings (SSSR count). The average Bonchev–Trinajstić information content (AvgIpc) is 2.73. The Morgan fingerprint density at radius 1 is 1.07 bits per heavy atom. The van der Waals surface area contributed by atoms with Crippen LogP contribution in [0.4, 0.5) is 5.69 Å². The lowest BCUT2D eigenvalue weighted by atomic mass is 9.96. The first-order valence-corrected chi connectivity index (χ1v) is 10.2. The van der Waals surface area contributed by atoms with Gasteiger partial charge in [-0.25, -0.2) is 0 Å². The molecule has 1 aliphatic rings. The van der Waals surface area contributed by atoms with Crippen molar-refractivity contribution in [1.82, 2.24) is 4.90 Å². The Bertz CT molecular complexity index is 802. The highest BCUT2D eigenvalue weighted by atomic mass is 16.5. The van der Waals surface area contributed by atoms with Gasteiger partial charge < -0.3 is 15.8 Å². The molecule has 0 saturated carbocycles. The van der Waals surface area contributed by atoms with Gasteiger partial charge in [0.1, 0.15) is 5.75 Å². The number of piperidine rings is 1. The minimum atomic E-state index is -0.191. The summed E-state index contributed by atoms with van der Waals surface area (Å²) >= 11 is 0. The number of nitrogens with two attached hydrogens (primary N) is 1. The van der Waals surface area contributed by atoms with Crippen LogP contribution in [0.5, 0.6) is 5.75 Å². The molecule has 1 aliphatic heterocycles. The number of anilines is 1. The third-order valence-corrected chi connectivity index (χ3v) is 5.17. The van der Waals surface area contributed by atoms with Gasteiger partial charge >= 0.3 is 0 Å². The molecule has 0 aliphatic carbocycles. The lowest BCUT2D eigenvalue weighted by Gasteiger charge is -2.30. The topological polar surface area (TPSA) is 84.7 Å². The van der Waals surface area contributed by atoms with Crippen molar-refractivity contribution in [3.8, 4) is 5.75 Å². The molecule has 0 spiro atoms. The van der Waals surface area contributed by atoms with Crippen molar-refractivity contribution in [2.75, 3.05) is 25.0 Å². The fourth-order valence-corrected chi connectivity index (χ4v) is 3.54. The standard InChI is InChI=1S/C23H29N3O3/c24-23(28)19-11-13-26(14-12-19)17-18-6-4-7-20(16-18)25-22(27)10-5-15-29-21-8-2-1-3-9-21/h1-4,6-9,16,19H,5,10-15,17H2,(H2,24,28)(H,25,27). The third kappa shape index (κ3) is 6.91. The van der Waals surface area contributed by atoms with Crippen LogP contribution in [0.25, 0.3) is 0 Å². The van der Waals surface area contributed by atoms with Gasteiger partial charge in [0.15, 0.2) is 0 Å². The van der Waals surface area contributed by atoms with E-state index in [1.54, 1.807) is 0 Å². The van der Waals surface area contributed by atoms with Crippen molar-refractivity contribution in [2.45, 2.75) is 32.2 Å². The van der Waals surface area contributed by atoms with Crippen molar-refractivity contribution in [3.05, 3.63) is 60.2 Å². The molecule has 0 atom stereocenters. The van der Waals surface area contributed by atoms with Crippen LogP contribution in [0.15, 0.2) is 54.6 Å². The summed E-state index contributed by atoms with van der Waals surface area (Å²) in [5.74, 6) is 0.618. The summed E-state index contributed by atoms with van der Waals surface area (Å²) in [6.07, 6.45) is 2.71. The number of nitrogens with one attached hydrogen (secondary N) is 1. The number of ether oxygens (including phenoxy) is 1. The summed E-state index contributed by atoms with van der Waals surface area (Å²) in [6, 6.07) is 17.5. The molecule has 2 amide bonds. The van der Waals surface area contributed by atoms with Gasteiger partial charge in [0, 0.05) is 24.6 Å². The quantitative estimate of drug-likeness (QED) is 0.639. The molecule has 154 valence electrons. The summed E-state index contributed by atoms with van der Waals surface area (Å²) in [6.45, 7) is 3.05. The molecule has 1 saturated heterocycles. The summed E-state index contributed by atoms with van der Waals surface area (Å²) in [5, 5.41) is 2.97. The highest BCUT2D eigenvalue weighted by Crippen LogP contribution is 2.20. The first-order chi connectivity index (χ1) is 14.1. The van der Waals surface area contributed by atoms with E-state index in [1.807, 2.05) is 48.5 Å². The highest BCUT2D eigenvalue weighted by Gasteiger charge is 2.22. The monoisotopic (exact) mass is 395 g/mol. The Balaban J connectivity index is 1.40. The lowest BCUT2D eigenvalue weighted by molar-refractivity contribution is -0.123. The number of carbonyl (C=O) groups excluding carboxylic acids is 2. The maximum atomic E-state index is 12.2. The molecule has 0 radical (unpaired) electrons. The van der Waals surface area contributed by atoms with Crippen LogP contribution < -0.4 is 15.8 Å². The normalized spacial score (nSPS) is 15.0. The summed E-state index contributed by atoms with van der Waals surface area (Å²) in [7, 11) is 0. The molecule has 29 heavy (non-hydrogen) atoms. The zero-order valence-corrected chi connectivity index (χ0v) is 16.7. The van der Waals surface area contributed by atoms with E-state index in [2.05, 4.69) is 16.3 Å². The van der Waals surface area contributed by atoms with E-state index >= 15 is 0 Å². The van der Waals surface area contributed by atoms with Crippen molar-refractivity contribution in [2.24, 2.45) is 11.7 Å². The minimum absolute atomic E-state index is 0.00254. The minimum Gasteiger partial charge on any atom is -0.494 e. The van der Waals surface area contributed by atoms with Gasteiger partial charge in [-0.2, -0.15) is 0 Å². The van der Waals surface area contributed by atoms with E-state index in [0.29, 0.717) is 19.4 Å². The van der Waals surface area contributed by atoms with Gasteiger partial charge in [0.25, 0.3) is 0 Å². The summed E-state index contributed by atoms with van der Waals surface area (Å²) in [5.41, 5.74) is 7.35. The van der Waals surface area contributed by atoms with Crippen molar-refractivity contribution in [3.63, 3.8) is 0 Å². The average molecular weight is 396 g/mol. The second kappa shape index (κ2) is 10.6. The molecular formula is C23H29N3O3. The van der Waals surface area contributed by atoms with Crippen LogP contribution in [0.1, 0.15) is 31.2 Å². The van der Waals surface area contributed by atoms with Gasteiger partial charge in [-0.1, -0.05) is 30.3 Å².